The number of H-pyrrole nitrogens is 1. The van der Waals surface area contributed by atoms with E-state index in [-0.39, 0.29) is 5.78 Å². The van der Waals surface area contributed by atoms with E-state index in [4.69, 9.17) is 0 Å². The molecule has 5 heteroatoms. The summed E-state index contributed by atoms with van der Waals surface area (Å²) in [7, 11) is 0. The molecule has 2 N–H and O–H groups in total. The Balaban J connectivity index is 2.10. The maximum atomic E-state index is 12.6. The van der Waals surface area contributed by atoms with Gasteiger partial charge in [0.05, 0.1) is 17.3 Å². The predicted molar refractivity (Wildman–Crippen MR) is 73.0 cm³/mol. The summed E-state index contributed by atoms with van der Waals surface area (Å²) in [4.78, 5) is 26.8. The van der Waals surface area contributed by atoms with Gasteiger partial charge in [0.15, 0.2) is 0 Å². The Morgan fingerprint density at radius 3 is 2.90 bits per heavy atom. The number of carbonyl (C=O) groups is 2. The van der Waals surface area contributed by atoms with E-state index in [1.807, 2.05) is 17.6 Å². The van der Waals surface area contributed by atoms with E-state index in [9.17, 15) is 14.7 Å². The van der Waals surface area contributed by atoms with Crippen LogP contribution in [0.5, 0.6) is 0 Å². The average molecular weight is 272 g/mol. The summed E-state index contributed by atoms with van der Waals surface area (Å²) in [6.45, 7) is 2.57. The second-order valence-electron chi connectivity index (χ2n) is 5.04. The quantitative estimate of drug-likeness (QED) is 0.838. The molecular formula is C15H16N2O3. The van der Waals surface area contributed by atoms with Crippen LogP contribution in [0.25, 0.3) is 0 Å². The first-order valence-electron chi connectivity index (χ1n) is 6.76. The van der Waals surface area contributed by atoms with Gasteiger partial charge < -0.3 is 14.7 Å². The third-order valence-electron chi connectivity index (χ3n) is 3.94. The van der Waals surface area contributed by atoms with E-state index in [1.54, 1.807) is 18.3 Å². The van der Waals surface area contributed by atoms with Crippen molar-refractivity contribution in [1.82, 2.24) is 9.55 Å². The number of fused-ring (bicyclic) bond motifs is 1. The van der Waals surface area contributed by atoms with Gasteiger partial charge in [0.25, 0.3) is 0 Å². The number of hydrogen-bond donors (Lipinski definition) is 2. The molecule has 2 aromatic heterocycles. The fourth-order valence-electron chi connectivity index (χ4n) is 2.95. The molecule has 104 valence electrons. The third kappa shape index (κ3) is 1.78. The van der Waals surface area contributed by atoms with E-state index in [1.165, 1.54) is 0 Å². The van der Waals surface area contributed by atoms with Crippen molar-refractivity contribution in [2.24, 2.45) is 0 Å². The van der Waals surface area contributed by atoms with E-state index in [0.29, 0.717) is 30.8 Å². The highest BCUT2D eigenvalue weighted by atomic mass is 16.4. The number of nitrogens with zero attached hydrogens (tertiary/aromatic N) is 1. The molecule has 0 aromatic carbocycles. The van der Waals surface area contributed by atoms with Gasteiger partial charge in [-0.15, -0.1) is 0 Å². The molecule has 1 aliphatic rings. The maximum Gasteiger partial charge on any atom is 0.312 e. The summed E-state index contributed by atoms with van der Waals surface area (Å²) >= 11 is 0. The molecule has 20 heavy (non-hydrogen) atoms. The van der Waals surface area contributed by atoms with E-state index in [0.717, 1.165) is 11.3 Å². The molecular weight excluding hydrogens is 256 g/mol. The van der Waals surface area contributed by atoms with Gasteiger partial charge in [0.2, 0.25) is 5.78 Å². The Morgan fingerprint density at radius 1 is 1.50 bits per heavy atom. The lowest BCUT2D eigenvalue weighted by molar-refractivity contribution is -0.138. The summed E-state index contributed by atoms with van der Waals surface area (Å²) in [5.74, 6) is -1.38. The van der Waals surface area contributed by atoms with Crippen molar-refractivity contribution < 1.29 is 14.7 Å². The van der Waals surface area contributed by atoms with E-state index in [2.05, 4.69) is 4.98 Å². The molecule has 0 saturated carbocycles. The number of rotatable bonds is 4. The van der Waals surface area contributed by atoms with Crippen LogP contribution < -0.4 is 0 Å². The number of aromatic nitrogens is 2. The molecule has 0 radical (unpaired) electrons. The molecule has 5 nitrogen and oxygen atoms in total. The highest BCUT2D eigenvalue weighted by molar-refractivity contribution is 6.08. The van der Waals surface area contributed by atoms with Crippen LogP contribution in [-0.2, 0) is 17.8 Å². The molecule has 0 fully saturated rings. The first-order chi connectivity index (χ1) is 9.63. The van der Waals surface area contributed by atoms with Crippen LogP contribution in [-0.4, -0.2) is 26.4 Å². The Kier molecular flexibility index (Phi) is 2.97. The Bertz CT molecular complexity index is 668. The van der Waals surface area contributed by atoms with Gasteiger partial charge in [0, 0.05) is 18.4 Å². The van der Waals surface area contributed by atoms with Gasteiger partial charge >= 0.3 is 5.97 Å². The van der Waals surface area contributed by atoms with Gasteiger partial charge in [-0.1, -0.05) is 6.92 Å². The molecule has 3 heterocycles. The van der Waals surface area contributed by atoms with Crippen molar-refractivity contribution in [1.29, 1.82) is 0 Å². The van der Waals surface area contributed by atoms with Gasteiger partial charge in [-0.05, 0) is 36.6 Å². The minimum atomic E-state index is -0.817. The highest BCUT2D eigenvalue weighted by Crippen LogP contribution is 2.34. The maximum absolute atomic E-state index is 12.6. The predicted octanol–water partition coefficient (Wildman–Crippen LogP) is 2.18. The lowest BCUT2D eigenvalue weighted by Gasteiger charge is -2.06. The summed E-state index contributed by atoms with van der Waals surface area (Å²) < 4.78 is 1.88. The number of carboxylic acid groups (broad SMARTS) is 1. The SMILES string of the molecule is CCc1cc2n(c1C(=O)c1ccc[nH]1)CCC2C(=O)O. The number of ketones is 1. The molecule has 0 spiro atoms. The summed E-state index contributed by atoms with van der Waals surface area (Å²) in [5, 5.41) is 9.25. The van der Waals surface area contributed by atoms with Crippen molar-refractivity contribution in [2.75, 3.05) is 0 Å². The number of aryl methyl sites for hydroxylation is 1. The number of nitrogens with one attached hydrogen (secondary N) is 1. The Labute approximate surface area is 116 Å². The van der Waals surface area contributed by atoms with Gasteiger partial charge in [0.1, 0.15) is 0 Å². The van der Waals surface area contributed by atoms with Crippen LogP contribution in [0, 0.1) is 0 Å². The second-order valence-corrected chi connectivity index (χ2v) is 5.04. The van der Waals surface area contributed by atoms with Crippen LogP contribution >= 0.6 is 0 Å². The van der Waals surface area contributed by atoms with Crippen molar-refractivity contribution in [3.05, 3.63) is 47.0 Å². The molecule has 1 unspecified atom stereocenters. The summed E-state index contributed by atoms with van der Waals surface area (Å²) in [6.07, 6.45) is 2.99. The molecule has 0 amide bonds. The number of aromatic amines is 1. The van der Waals surface area contributed by atoms with E-state index >= 15 is 0 Å². The van der Waals surface area contributed by atoms with Crippen molar-refractivity contribution in [2.45, 2.75) is 32.2 Å². The molecule has 3 rings (SSSR count). The van der Waals surface area contributed by atoms with Gasteiger partial charge in [-0.25, -0.2) is 0 Å². The lowest BCUT2D eigenvalue weighted by atomic mass is 10.0. The summed E-state index contributed by atoms with van der Waals surface area (Å²) in [6, 6.07) is 5.40. The van der Waals surface area contributed by atoms with Gasteiger partial charge in [-0.3, -0.25) is 9.59 Å². The number of hydrogen-bond acceptors (Lipinski definition) is 2. The fourth-order valence-corrected chi connectivity index (χ4v) is 2.95. The minimum Gasteiger partial charge on any atom is -0.481 e. The molecule has 1 aliphatic heterocycles. The minimum absolute atomic E-state index is 0.0656. The van der Waals surface area contributed by atoms with Crippen LogP contribution in [0.3, 0.4) is 0 Å². The number of aliphatic carboxylic acids is 1. The zero-order valence-electron chi connectivity index (χ0n) is 11.2. The van der Waals surface area contributed by atoms with Crippen LogP contribution in [0.2, 0.25) is 0 Å². The number of carbonyl (C=O) groups excluding carboxylic acids is 1. The van der Waals surface area contributed by atoms with Crippen molar-refractivity contribution >= 4 is 11.8 Å². The van der Waals surface area contributed by atoms with Crippen molar-refractivity contribution in [3.63, 3.8) is 0 Å². The second kappa shape index (κ2) is 4.67. The number of carboxylic acids is 1. The average Bonchev–Trinajstić information content (AvgIpc) is 3.12. The molecule has 0 aliphatic carbocycles. The lowest BCUT2D eigenvalue weighted by Crippen LogP contribution is -2.11. The molecule has 1 atom stereocenters. The van der Waals surface area contributed by atoms with Gasteiger partial charge in [-0.2, -0.15) is 0 Å². The normalized spacial score (nSPS) is 17.1. The van der Waals surface area contributed by atoms with Crippen LogP contribution in [0.1, 0.15) is 46.7 Å². The van der Waals surface area contributed by atoms with Crippen LogP contribution in [0.4, 0.5) is 0 Å². The smallest absolute Gasteiger partial charge is 0.312 e. The standard InChI is InChI=1S/C15H16N2O3/c1-2-9-8-12-10(15(19)20)5-7-17(12)13(9)14(18)11-4-3-6-16-11/h3-4,6,8,10,16H,2,5,7H2,1H3,(H,19,20). The largest absolute Gasteiger partial charge is 0.481 e. The third-order valence-corrected chi connectivity index (χ3v) is 3.94. The molecule has 0 saturated heterocycles. The Hall–Kier alpha value is -2.30. The van der Waals surface area contributed by atoms with E-state index < -0.39 is 11.9 Å². The first kappa shape index (κ1) is 12.7. The zero-order valence-corrected chi connectivity index (χ0v) is 11.2. The fraction of sp³-hybridized carbons (Fsp3) is 0.333. The first-order valence-corrected chi connectivity index (χ1v) is 6.76. The van der Waals surface area contributed by atoms with Crippen LogP contribution in [0.15, 0.2) is 24.4 Å². The highest BCUT2D eigenvalue weighted by Gasteiger charge is 2.33. The zero-order chi connectivity index (χ0) is 14.3. The monoisotopic (exact) mass is 272 g/mol. The summed E-state index contributed by atoms with van der Waals surface area (Å²) in [5.41, 5.74) is 2.85. The van der Waals surface area contributed by atoms with Crippen molar-refractivity contribution in [3.8, 4) is 0 Å². The molecule has 2 aromatic rings. The molecule has 0 bridgehead atoms. The Morgan fingerprint density at radius 2 is 2.30 bits per heavy atom. The topological polar surface area (TPSA) is 75.1 Å².